The van der Waals surface area contributed by atoms with Crippen molar-refractivity contribution in [1.82, 2.24) is 15.1 Å². The molecule has 1 unspecified atom stereocenters. The van der Waals surface area contributed by atoms with E-state index in [1.165, 1.54) is 25.3 Å². The quantitative estimate of drug-likeness (QED) is 0.622. The summed E-state index contributed by atoms with van der Waals surface area (Å²) in [7, 11) is 1.43. The molecule has 2 saturated heterocycles. The van der Waals surface area contributed by atoms with E-state index in [-0.39, 0.29) is 29.1 Å². The summed E-state index contributed by atoms with van der Waals surface area (Å²) in [6.07, 6.45) is 1.63. The van der Waals surface area contributed by atoms with Crippen molar-refractivity contribution < 1.29 is 19.2 Å². The first-order valence-electron chi connectivity index (χ1n) is 8.63. The van der Waals surface area contributed by atoms with Crippen molar-refractivity contribution in [2.45, 2.75) is 18.9 Å². The van der Waals surface area contributed by atoms with E-state index in [9.17, 15) is 19.7 Å². The zero-order valence-corrected chi connectivity index (χ0v) is 14.6. The number of non-ortho nitro benzene ring substituents is 1. The topological polar surface area (TPSA) is 105 Å². The summed E-state index contributed by atoms with van der Waals surface area (Å²) in [6, 6.07) is 3.98. The molecule has 2 aliphatic rings. The number of carbonyl (C=O) groups excluding carboxylic acids is 2. The molecule has 3 rings (SSSR count). The smallest absolute Gasteiger partial charge is 0.270 e. The molecule has 2 amide bonds. The lowest BCUT2D eigenvalue weighted by Gasteiger charge is -2.41. The Morgan fingerprint density at radius 3 is 2.88 bits per heavy atom. The molecule has 2 fully saturated rings. The number of amides is 2. The third-order valence-electron chi connectivity index (χ3n) is 4.87. The van der Waals surface area contributed by atoms with Gasteiger partial charge in [-0.25, -0.2) is 0 Å². The monoisotopic (exact) mass is 362 g/mol. The van der Waals surface area contributed by atoms with Gasteiger partial charge in [-0.05, 0) is 18.9 Å². The van der Waals surface area contributed by atoms with Crippen LogP contribution in [0.15, 0.2) is 18.2 Å². The third-order valence-corrected chi connectivity index (χ3v) is 4.87. The number of methoxy groups -OCH3 is 1. The third kappa shape index (κ3) is 3.62. The number of nitro benzene ring substituents is 1. The molecule has 0 aromatic heterocycles. The van der Waals surface area contributed by atoms with Crippen molar-refractivity contribution in [3.05, 3.63) is 33.9 Å². The van der Waals surface area contributed by atoms with Gasteiger partial charge in [0, 0.05) is 44.4 Å². The molecule has 9 nitrogen and oxygen atoms in total. The molecule has 0 bridgehead atoms. The first kappa shape index (κ1) is 18.1. The number of nitrogens with one attached hydrogen (secondary N) is 1. The normalized spacial score (nSPS) is 20.8. The maximum Gasteiger partial charge on any atom is 0.270 e. The number of hydrogen-bond acceptors (Lipinski definition) is 6. The standard InChI is InChI=1S/C17H22N4O5/c1-26-15-5-4-12(21(24)25)9-14(15)17(23)19-7-2-3-13(11-19)20-8-6-18-10-16(20)22/h4-5,9,13,18H,2-3,6-8,10-11H2,1H3. The molecule has 9 heteroatoms. The highest BCUT2D eigenvalue weighted by Crippen LogP contribution is 2.27. The number of piperidine rings is 1. The van der Waals surface area contributed by atoms with Gasteiger partial charge in [0.25, 0.3) is 11.6 Å². The van der Waals surface area contributed by atoms with Crippen molar-refractivity contribution in [3.63, 3.8) is 0 Å². The lowest BCUT2D eigenvalue weighted by molar-refractivity contribution is -0.384. The van der Waals surface area contributed by atoms with Crippen LogP contribution in [0.2, 0.25) is 0 Å². The Bertz CT molecular complexity index is 723. The number of likely N-dealkylation sites (tertiary alicyclic amines) is 1. The van der Waals surface area contributed by atoms with E-state index in [1.54, 1.807) is 4.90 Å². The number of carbonyl (C=O) groups is 2. The van der Waals surface area contributed by atoms with E-state index in [0.717, 1.165) is 19.4 Å². The second-order valence-electron chi connectivity index (χ2n) is 6.45. The maximum absolute atomic E-state index is 13.0. The number of piperazine rings is 1. The maximum atomic E-state index is 13.0. The number of ether oxygens (including phenoxy) is 1. The average Bonchev–Trinajstić information content (AvgIpc) is 2.67. The molecule has 2 heterocycles. The van der Waals surface area contributed by atoms with Crippen LogP contribution in [0.3, 0.4) is 0 Å². The molecule has 140 valence electrons. The van der Waals surface area contributed by atoms with Crippen molar-refractivity contribution in [2.24, 2.45) is 0 Å². The van der Waals surface area contributed by atoms with E-state index in [2.05, 4.69) is 5.32 Å². The molecule has 1 aromatic carbocycles. The van der Waals surface area contributed by atoms with Gasteiger partial charge in [0.2, 0.25) is 5.91 Å². The molecule has 2 aliphatic heterocycles. The Morgan fingerprint density at radius 1 is 1.38 bits per heavy atom. The van der Waals surface area contributed by atoms with Crippen LogP contribution < -0.4 is 10.1 Å². The van der Waals surface area contributed by atoms with Crippen molar-refractivity contribution in [2.75, 3.05) is 39.8 Å². The van der Waals surface area contributed by atoms with E-state index in [0.29, 0.717) is 31.9 Å². The summed E-state index contributed by atoms with van der Waals surface area (Å²) >= 11 is 0. The highest BCUT2D eigenvalue weighted by molar-refractivity contribution is 5.97. The van der Waals surface area contributed by atoms with Crippen LogP contribution in [0.4, 0.5) is 5.69 Å². The van der Waals surface area contributed by atoms with Crippen LogP contribution in [0.1, 0.15) is 23.2 Å². The zero-order valence-electron chi connectivity index (χ0n) is 14.6. The molecule has 0 saturated carbocycles. The van der Waals surface area contributed by atoms with Crippen LogP contribution in [0.25, 0.3) is 0 Å². The second kappa shape index (κ2) is 7.69. The van der Waals surface area contributed by atoms with Crippen LogP contribution in [0.5, 0.6) is 5.75 Å². The molecule has 1 atom stereocenters. The van der Waals surface area contributed by atoms with Crippen molar-refractivity contribution >= 4 is 17.5 Å². The van der Waals surface area contributed by atoms with Crippen LogP contribution in [-0.4, -0.2) is 72.4 Å². The Balaban J connectivity index is 1.80. The molecule has 0 radical (unpaired) electrons. The van der Waals surface area contributed by atoms with Gasteiger partial charge in [0.1, 0.15) is 5.75 Å². The molecule has 0 aliphatic carbocycles. The molecule has 0 spiro atoms. The minimum absolute atomic E-state index is 0.0213. The van der Waals surface area contributed by atoms with Gasteiger partial charge in [-0.15, -0.1) is 0 Å². The van der Waals surface area contributed by atoms with Crippen LogP contribution in [-0.2, 0) is 4.79 Å². The molecule has 1 aromatic rings. The zero-order chi connectivity index (χ0) is 18.7. The predicted molar refractivity (Wildman–Crippen MR) is 93.2 cm³/mol. The molecular formula is C17H22N4O5. The van der Waals surface area contributed by atoms with Crippen molar-refractivity contribution in [3.8, 4) is 5.75 Å². The number of nitro groups is 1. The van der Waals surface area contributed by atoms with Crippen LogP contribution in [0, 0.1) is 10.1 Å². The number of benzene rings is 1. The summed E-state index contributed by atoms with van der Waals surface area (Å²) in [5.41, 5.74) is 0.0222. The lowest BCUT2D eigenvalue weighted by atomic mass is 10.0. The first-order valence-corrected chi connectivity index (χ1v) is 8.63. The average molecular weight is 362 g/mol. The molecule has 1 N–H and O–H groups in total. The van der Waals surface area contributed by atoms with Gasteiger partial charge in [-0.2, -0.15) is 0 Å². The Labute approximate surface area is 151 Å². The van der Waals surface area contributed by atoms with Gasteiger partial charge in [0.05, 0.1) is 24.1 Å². The predicted octanol–water partition coefficient (Wildman–Crippen LogP) is 0.640. The first-order chi connectivity index (χ1) is 12.5. The van der Waals surface area contributed by atoms with Gasteiger partial charge in [-0.3, -0.25) is 19.7 Å². The van der Waals surface area contributed by atoms with Gasteiger partial charge in [-0.1, -0.05) is 0 Å². The van der Waals surface area contributed by atoms with E-state index >= 15 is 0 Å². The Hall–Kier alpha value is -2.68. The van der Waals surface area contributed by atoms with Gasteiger partial charge in [0.15, 0.2) is 0 Å². The number of nitrogens with zero attached hydrogens (tertiary/aromatic N) is 3. The van der Waals surface area contributed by atoms with Crippen molar-refractivity contribution in [1.29, 1.82) is 0 Å². The summed E-state index contributed by atoms with van der Waals surface area (Å²) in [5, 5.41) is 14.1. The summed E-state index contributed by atoms with van der Waals surface area (Å²) in [4.78, 5) is 39.1. The lowest BCUT2D eigenvalue weighted by Crippen LogP contribution is -2.57. The van der Waals surface area contributed by atoms with Crippen LogP contribution >= 0.6 is 0 Å². The fourth-order valence-electron chi connectivity index (χ4n) is 3.55. The van der Waals surface area contributed by atoms with Gasteiger partial charge >= 0.3 is 0 Å². The minimum atomic E-state index is -0.533. The second-order valence-corrected chi connectivity index (χ2v) is 6.45. The molecule has 26 heavy (non-hydrogen) atoms. The van der Waals surface area contributed by atoms with E-state index < -0.39 is 4.92 Å². The SMILES string of the molecule is COc1ccc([N+](=O)[O-])cc1C(=O)N1CCCC(N2CCNCC2=O)C1. The van der Waals surface area contributed by atoms with E-state index in [1.807, 2.05) is 4.90 Å². The molecular weight excluding hydrogens is 340 g/mol. The van der Waals surface area contributed by atoms with Gasteiger partial charge < -0.3 is 19.9 Å². The van der Waals surface area contributed by atoms with E-state index in [4.69, 9.17) is 4.74 Å². The minimum Gasteiger partial charge on any atom is -0.496 e. The number of hydrogen-bond donors (Lipinski definition) is 1. The Morgan fingerprint density at radius 2 is 2.19 bits per heavy atom. The Kier molecular flexibility index (Phi) is 5.36. The highest BCUT2D eigenvalue weighted by Gasteiger charge is 2.33. The summed E-state index contributed by atoms with van der Waals surface area (Å²) in [5.74, 6) is 0.0438. The summed E-state index contributed by atoms with van der Waals surface area (Å²) < 4.78 is 5.21. The fraction of sp³-hybridized carbons (Fsp3) is 0.529. The fourth-order valence-corrected chi connectivity index (χ4v) is 3.55. The largest absolute Gasteiger partial charge is 0.496 e. The highest BCUT2D eigenvalue weighted by atomic mass is 16.6. The summed E-state index contributed by atoms with van der Waals surface area (Å²) in [6.45, 7) is 2.68. The number of rotatable bonds is 4.